The van der Waals surface area contributed by atoms with Gasteiger partial charge in [0.1, 0.15) is 5.75 Å². The maximum Gasteiger partial charge on any atom is 0.280 e. The van der Waals surface area contributed by atoms with E-state index in [4.69, 9.17) is 16.3 Å². The summed E-state index contributed by atoms with van der Waals surface area (Å²) in [5.74, 6) is -2.00. The number of nitro groups is 1. The number of halogens is 1. The molecule has 0 atom stereocenters. The van der Waals surface area contributed by atoms with Crippen molar-refractivity contribution in [3.63, 3.8) is 0 Å². The van der Waals surface area contributed by atoms with Crippen molar-refractivity contribution in [2.24, 2.45) is 0 Å². The molecule has 0 aromatic heterocycles. The Kier molecular flexibility index (Phi) is 4.55. The van der Waals surface area contributed by atoms with E-state index in [0.717, 1.165) is 12.1 Å². The first-order chi connectivity index (χ1) is 12.4. The second-order valence-electron chi connectivity index (χ2n) is 5.21. The molecule has 3 amide bonds. The Morgan fingerprint density at radius 3 is 2.42 bits per heavy atom. The number of nitrogens with zero attached hydrogens (tertiary/aromatic N) is 2. The van der Waals surface area contributed by atoms with Crippen LogP contribution in [-0.2, 0) is 4.79 Å². The minimum atomic E-state index is -0.853. The minimum Gasteiger partial charge on any atom is -0.484 e. The van der Waals surface area contributed by atoms with Gasteiger partial charge in [-0.25, -0.2) is 0 Å². The number of carbonyl (C=O) groups is 3. The molecule has 26 heavy (non-hydrogen) atoms. The highest BCUT2D eigenvalue weighted by atomic mass is 35.5. The van der Waals surface area contributed by atoms with Gasteiger partial charge in [-0.05, 0) is 30.3 Å². The highest BCUT2D eigenvalue weighted by Gasteiger charge is 2.38. The lowest BCUT2D eigenvalue weighted by atomic mass is 10.1. The first-order valence-electron chi connectivity index (χ1n) is 7.22. The fourth-order valence-electron chi connectivity index (χ4n) is 2.28. The first-order valence-corrected chi connectivity index (χ1v) is 7.59. The van der Waals surface area contributed by atoms with Gasteiger partial charge in [0, 0.05) is 17.2 Å². The van der Waals surface area contributed by atoms with Gasteiger partial charge in [0.05, 0.1) is 16.1 Å². The number of hydrogen-bond donors (Lipinski definition) is 1. The normalized spacial score (nSPS) is 12.7. The minimum absolute atomic E-state index is 0.0282. The van der Waals surface area contributed by atoms with Crippen LogP contribution in [0.25, 0.3) is 0 Å². The summed E-state index contributed by atoms with van der Waals surface area (Å²) in [6, 6.07) is 9.53. The molecule has 0 saturated carbocycles. The van der Waals surface area contributed by atoms with Gasteiger partial charge >= 0.3 is 0 Å². The number of hydrogen-bond acceptors (Lipinski definition) is 6. The molecule has 1 aliphatic heterocycles. The van der Waals surface area contributed by atoms with Crippen LogP contribution in [0.1, 0.15) is 20.7 Å². The number of non-ortho nitro benzene ring substituents is 1. The van der Waals surface area contributed by atoms with Crippen molar-refractivity contribution in [2.75, 3.05) is 6.61 Å². The van der Waals surface area contributed by atoms with Gasteiger partial charge < -0.3 is 4.74 Å². The molecule has 132 valence electrons. The number of nitrogens with one attached hydrogen (secondary N) is 1. The van der Waals surface area contributed by atoms with E-state index in [0.29, 0.717) is 15.8 Å². The molecular weight excluding hydrogens is 366 g/mol. The summed E-state index contributed by atoms with van der Waals surface area (Å²) in [5.41, 5.74) is 1.62. The van der Waals surface area contributed by atoms with Crippen molar-refractivity contribution in [1.82, 2.24) is 10.4 Å². The van der Waals surface area contributed by atoms with E-state index in [1.54, 1.807) is 24.3 Å². The molecule has 1 N–H and O–H groups in total. The molecule has 1 aliphatic rings. The SMILES string of the molecule is O=C(COc1ccc(Cl)cc1)NN1C(=O)c2ccc([N+](=O)[O-])cc2C1=O. The summed E-state index contributed by atoms with van der Waals surface area (Å²) >= 11 is 5.74. The lowest BCUT2D eigenvalue weighted by Gasteiger charge is -2.15. The van der Waals surface area contributed by atoms with E-state index in [-0.39, 0.29) is 16.8 Å². The van der Waals surface area contributed by atoms with Crippen LogP contribution in [0.15, 0.2) is 42.5 Å². The van der Waals surface area contributed by atoms with Gasteiger partial charge in [-0.15, -0.1) is 0 Å². The highest BCUT2D eigenvalue weighted by molar-refractivity contribution is 6.30. The Balaban J connectivity index is 1.67. The first kappa shape index (κ1) is 17.4. The molecule has 1 heterocycles. The molecule has 2 aromatic rings. The van der Waals surface area contributed by atoms with Crippen LogP contribution in [0.2, 0.25) is 5.02 Å². The number of ether oxygens (including phenoxy) is 1. The number of carbonyl (C=O) groups excluding carboxylic acids is 3. The van der Waals surface area contributed by atoms with Crippen LogP contribution in [-0.4, -0.2) is 34.3 Å². The Hall–Kier alpha value is -3.46. The highest BCUT2D eigenvalue weighted by Crippen LogP contribution is 2.25. The zero-order valence-electron chi connectivity index (χ0n) is 13.0. The van der Waals surface area contributed by atoms with Crippen LogP contribution in [0.3, 0.4) is 0 Å². The van der Waals surface area contributed by atoms with Crippen molar-refractivity contribution >= 4 is 35.0 Å². The summed E-state index contributed by atoms with van der Waals surface area (Å²) in [6.07, 6.45) is 0. The second kappa shape index (κ2) is 6.81. The fourth-order valence-corrected chi connectivity index (χ4v) is 2.41. The molecule has 0 fully saturated rings. The van der Waals surface area contributed by atoms with E-state index in [1.165, 1.54) is 6.07 Å². The Morgan fingerprint density at radius 2 is 1.77 bits per heavy atom. The van der Waals surface area contributed by atoms with Gasteiger partial charge in [0.25, 0.3) is 23.4 Å². The van der Waals surface area contributed by atoms with Crippen molar-refractivity contribution in [3.8, 4) is 5.75 Å². The van der Waals surface area contributed by atoms with Crippen LogP contribution < -0.4 is 10.2 Å². The summed E-state index contributed by atoms with van der Waals surface area (Å²) in [4.78, 5) is 46.5. The van der Waals surface area contributed by atoms with E-state index < -0.39 is 29.3 Å². The number of rotatable bonds is 5. The number of hydrazine groups is 1. The van der Waals surface area contributed by atoms with E-state index in [1.807, 2.05) is 0 Å². The topological polar surface area (TPSA) is 119 Å². The van der Waals surface area contributed by atoms with E-state index >= 15 is 0 Å². The second-order valence-corrected chi connectivity index (χ2v) is 5.65. The van der Waals surface area contributed by atoms with E-state index in [2.05, 4.69) is 5.43 Å². The summed E-state index contributed by atoms with van der Waals surface area (Å²) < 4.78 is 5.22. The Bertz CT molecular complexity index is 928. The van der Waals surface area contributed by atoms with E-state index in [9.17, 15) is 24.5 Å². The molecule has 9 nitrogen and oxygen atoms in total. The largest absolute Gasteiger partial charge is 0.484 e. The van der Waals surface area contributed by atoms with Crippen LogP contribution in [0, 0.1) is 10.1 Å². The zero-order valence-corrected chi connectivity index (χ0v) is 13.7. The van der Waals surface area contributed by atoms with Gasteiger partial charge in [-0.1, -0.05) is 11.6 Å². The number of imide groups is 1. The summed E-state index contributed by atoms with van der Waals surface area (Å²) in [5, 5.41) is 11.8. The predicted molar refractivity (Wildman–Crippen MR) is 88.7 cm³/mol. The zero-order chi connectivity index (χ0) is 18.8. The smallest absolute Gasteiger partial charge is 0.280 e. The summed E-state index contributed by atoms with van der Waals surface area (Å²) in [7, 11) is 0. The average molecular weight is 376 g/mol. The molecule has 0 bridgehead atoms. The molecule has 0 radical (unpaired) electrons. The summed E-state index contributed by atoms with van der Waals surface area (Å²) in [6.45, 7) is -0.449. The number of fused-ring (bicyclic) bond motifs is 1. The quantitative estimate of drug-likeness (QED) is 0.484. The van der Waals surface area contributed by atoms with Gasteiger partial charge in [-0.2, -0.15) is 5.01 Å². The molecule has 10 heteroatoms. The monoisotopic (exact) mass is 375 g/mol. The standard InChI is InChI=1S/C16H10ClN3O6/c17-9-1-4-11(5-2-9)26-8-14(21)18-19-15(22)12-6-3-10(20(24)25)7-13(12)16(19)23/h1-7H,8H2,(H,18,21). The van der Waals surface area contributed by atoms with Crippen molar-refractivity contribution in [2.45, 2.75) is 0 Å². The third kappa shape index (κ3) is 3.33. The molecule has 0 aliphatic carbocycles. The Labute approximate surface area is 151 Å². The third-order valence-corrected chi connectivity index (χ3v) is 3.75. The number of amides is 3. The molecule has 0 saturated heterocycles. The maximum atomic E-state index is 12.2. The van der Waals surface area contributed by atoms with Crippen LogP contribution in [0.5, 0.6) is 5.75 Å². The van der Waals surface area contributed by atoms with Crippen LogP contribution >= 0.6 is 11.6 Å². The molecular formula is C16H10ClN3O6. The predicted octanol–water partition coefficient (Wildman–Crippen LogP) is 1.95. The number of nitro benzene ring substituents is 1. The molecule has 0 unspecified atom stereocenters. The van der Waals surface area contributed by atoms with Crippen molar-refractivity contribution in [3.05, 3.63) is 68.7 Å². The average Bonchev–Trinajstić information content (AvgIpc) is 2.85. The van der Waals surface area contributed by atoms with Gasteiger partial charge in [0.15, 0.2) is 6.61 Å². The van der Waals surface area contributed by atoms with Crippen molar-refractivity contribution < 1.29 is 24.0 Å². The number of benzene rings is 2. The van der Waals surface area contributed by atoms with Gasteiger partial charge in [-0.3, -0.25) is 29.9 Å². The van der Waals surface area contributed by atoms with Crippen molar-refractivity contribution in [1.29, 1.82) is 0 Å². The molecule has 3 rings (SSSR count). The molecule has 0 spiro atoms. The fraction of sp³-hybridized carbons (Fsp3) is 0.0625. The lowest BCUT2D eigenvalue weighted by Crippen LogP contribution is -2.47. The Morgan fingerprint density at radius 1 is 1.12 bits per heavy atom. The maximum absolute atomic E-state index is 12.2. The molecule has 2 aromatic carbocycles. The van der Waals surface area contributed by atoms with Gasteiger partial charge in [0.2, 0.25) is 0 Å². The lowest BCUT2D eigenvalue weighted by molar-refractivity contribution is -0.384. The van der Waals surface area contributed by atoms with Crippen LogP contribution in [0.4, 0.5) is 5.69 Å². The third-order valence-electron chi connectivity index (χ3n) is 3.50.